The van der Waals surface area contributed by atoms with E-state index in [9.17, 15) is 9.90 Å². The Hall–Kier alpha value is -0.790. The molecule has 0 radical (unpaired) electrons. The molecule has 5 fully saturated rings. The van der Waals surface area contributed by atoms with Gasteiger partial charge in [-0.2, -0.15) is 0 Å². The molecule has 0 saturated heterocycles. The van der Waals surface area contributed by atoms with Gasteiger partial charge in [-0.3, -0.25) is 4.79 Å². The van der Waals surface area contributed by atoms with Crippen molar-refractivity contribution in [3.8, 4) is 0 Å². The highest BCUT2D eigenvalue weighted by Gasteiger charge is 2.70. The highest BCUT2D eigenvalue weighted by Crippen LogP contribution is 2.77. The maximum Gasteiger partial charge on any atom is 0.167 e. The van der Waals surface area contributed by atoms with Crippen LogP contribution >= 0.6 is 0 Å². The number of Topliss-reactive ketones (excluding diaryl/α,β-unsaturated/α-hetero) is 1. The Morgan fingerprint density at radius 3 is 2.18 bits per heavy atom. The summed E-state index contributed by atoms with van der Waals surface area (Å²) in [5, 5.41) is 10.0. The summed E-state index contributed by atoms with van der Waals surface area (Å²) >= 11 is 0. The molecule has 0 amide bonds. The molecule has 33 heavy (non-hydrogen) atoms. The molecule has 5 aliphatic rings. The van der Waals surface area contributed by atoms with E-state index in [0.717, 1.165) is 36.4 Å². The van der Waals surface area contributed by atoms with Gasteiger partial charge in [0.2, 0.25) is 0 Å². The average molecular weight is 455 g/mol. The van der Waals surface area contributed by atoms with Gasteiger partial charge in [0.05, 0.1) is 6.26 Å². The topological polar surface area (TPSA) is 37.3 Å². The summed E-state index contributed by atoms with van der Waals surface area (Å²) in [6.45, 7) is 19.8. The molecule has 0 aromatic carbocycles. The molecule has 0 spiro atoms. The van der Waals surface area contributed by atoms with Crippen LogP contribution in [-0.2, 0) is 4.79 Å². The first kappa shape index (κ1) is 23.9. The number of hydrogen-bond donors (Lipinski definition) is 1. The highest BCUT2D eigenvalue weighted by atomic mass is 16.2. The second-order valence-corrected chi connectivity index (χ2v) is 15.2. The molecular formula is C31H50O2. The minimum atomic E-state index is -0.375. The molecule has 5 saturated carbocycles. The lowest BCUT2D eigenvalue weighted by atomic mass is 9.32. The Kier molecular flexibility index (Phi) is 5.17. The Morgan fingerprint density at radius 1 is 0.848 bits per heavy atom. The van der Waals surface area contributed by atoms with Crippen LogP contribution in [-0.4, -0.2) is 10.9 Å². The van der Waals surface area contributed by atoms with E-state index in [-0.39, 0.29) is 16.6 Å². The van der Waals surface area contributed by atoms with E-state index >= 15 is 0 Å². The van der Waals surface area contributed by atoms with Crippen molar-refractivity contribution < 1.29 is 9.90 Å². The fourth-order valence-electron chi connectivity index (χ4n) is 11.7. The molecule has 0 unspecified atom stereocenters. The first-order valence-electron chi connectivity index (χ1n) is 14.1. The number of hydrogen-bond acceptors (Lipinski definition) is 2. The van der Waals surface area contributed by atoms with Gasteiger partial charge in [-0.05, 0) is 115 Å². The van der Waals surface area contributed by atoms with Crippen LogP contribution in [0.1, 0.15) is 113 Å². The molecule has 9 atom stereocenters. The van der Waals surface area contributed by atoms with Crippen LogP contribution in [0.4, 0.5) is 0 Å². The Labute approximate surface area is 203 Å². The fraction of sp³-hybridized carbons (Fsp3) is 0.903. The summed E-state index contributed by atoms with van der Waals surface area (Å²) in [4.78, 5) is 13.2. The molecule has 2 nitrogen and oxygen atoms in total. The van der Waals surface area contributed by atoms with E-state index in [1.165, 1.54) is 51.4 Å². The average Bonchev–Trinajstić information content (AvgIpc) is 3.09. The van der Waals surface area contributed by atoms with Crippen molar-refractivity contribution in [2.24, 2.45) is 62.6 Å². The van der Waals surface area contributed by atoms with Crippen molar-refractivity contribution >= 4 is 5.78 Å². The monoisotopic (exact) mass is 454 g/mol. The third kappa shape index (κ3) is 2.82. The Bertz CT molecular complexity index is 868. The van der Waals surface area contributed by atoms with Gasteiger partial charge in [0, 0.05) is 11.0 Å². The zero-order valence-electron chi connectivity index (χ0n) is 22.8. The lowest BCUT2D eigenvalue weighted by molar-refractivity contribution is -0.230. The van der Waals surface area contributed by atoms with E-state index in [2.05, 4.69) is 55.4 Å². The van der Waals surface area contributed by atoms with Gasteiger partial charge in [-0.1, -0.05) is 55.4 Å². The van der Waals surface area contributed by atoms with E-state index in [0.29, 0.717) is 33.7 Å². The number of fused-ring (bicyclic) bond motifs is 7. The largest absolute Gasteiger partial charge is 0.515 e. The first-order chi connectivity index (χ1) is 15.3. The summed E-state index contributed by atoms with van der Waals surface area (Å²) in [6, 6.07) is 0. The van der Waals surface area contributed by atoms with Crippen LogP contribution in [0.15, 0.2) is 11.8 Å². The quantitative estimate of drug-likeness (QED) is 0.319. The van der Waals surface area contributed by atoms with Crippen LogP contribution in [0.3, 0.4) is 0 Å². The highest BCUT2D eigenvalue weighted by molar-refractivity contribution is 6.00. The van der Waals surface area contributed by atoms with Crippen LogP contribution in [0, 0.1) is 62.6 Å². The van der Waals surface area contributed by atoms with Crippen LogP contribution in [0.5, 0.6) is 0 Å². The summed E-state index contributed by atoms with van der Waals surface area (Å²) in [7, 11) is 0. The normalized spacial score (nSPS) is 54.5. The molecule has 1 N–H and O–H groups in total. The van der Waals surface area contributed by atoms with Gasteiger partial charge in [0.1, 0.15) is 0 Å². The number of rotatable bonds is 1. The van der Waals surface area contributed by atoms with E-state index in [1.54, 1.807) is 0 Å². The molecule has 5 rings (SSSR count). The number of aliphatic hydroxyl groups is 1. The maximum atomic E-state index is 13.2. The number of allylic oxidation sites excluding steroid dienone is 1. The maximum absolute atomic E-state index is 13.2. The predicted molar refractivity (Wildman–Crippen MR) is 136 cm³/mol. The molecule has 0 aliphatic heterocycles. The lowest BCUT2D eigenvalue weighted by Crippen LogP contribution is -2.66. The van der Waals surface area contributed by atoms with Crippen molar-refractivity contribution in [1.82, 2.24) is 0 Å². The Morgan fingerprint density at radius 2 is 1.55 bits per heavy atom. The van der Waals surface area contributed by atoms with Crippen molar-refractivity contribution in [3.05, 3.63) is 11.8 Å². The molecule has 5 aliphatic carbocycles. The van der Waals surface area contributed by atoms with Gasteiger partial charge in [0.15, 0.2) is 5.78 Å². The Balaban J connectivity index is 1.57. The summed E-state index contributed by atoms with van der Waals surface area (Å²) in [5.74, 6) is 4.66. The minimum absolute atomic E-state index is 0.0980. The molecule has 2 heteroatoms. The van der Waals surface area contributed by atoms with Gasteiger partial charge in [0.25, 0.3) is 0 Å². The van der Waals surface area contributed by atoms with Crippen LogP contribution in [0.2, 0.25) is 0 Å². The van der Waals surface area contributed by atoms with Gasteiger partial charge < -0.3 is 5.11 Å². The van der Waals surface area contributed by atoms with Crippen molar-refractivity contribution in [3.63, 3.8) is 0 Å². The molecule has 0 aromatic rings. The third-order valence-electron chi connectivity index (χ3n) is 13.5. The third-order valence-corrected chi connectivity index (χ3v) is 13.5. The zero-order chi connectivity index (χ0) is 24.2. The zero-order valence-corrected chi connectivity index (χ0v) is 22.8. The summed E-state index contributed by atoms with van der Waals surface area (Å²) in [5.41, 5.74) is 1.67. The summed E-state index contributed by atoms with van der Waals surface area (Å²) in [6.07, 6.45) is 12.7. The van der Waals surface area contributed by atoms with Crippen LogP contribution in [0.25, 0.3) is 0 Å². The standard InChI is InChI=1S/C31H50O2/c1-19(2)21-11-13-28(5)15-16-30(7)22(25(21)28)9-10-24-29(6)17-20(18-32)26(33)27(3,4)23(29)12-14-31(24,30)8/h18-19,21-25,32H,9-17H2,1-8H3/b20-18-/t21-,22+,23-,24+,25+,28+,29+,30+,31+/m0/s1. The second kappa shape index (κ2) is 7.13. The smallest absolute Gasteiger partial charge is 0.167 e. The second-order valence-electron chi connectivity index (χ2n) is 15.2. The molecular weight excluding hydrogens is 404 g/mol. The molecule has 0 heterocycles. The van der Waals surface area contributed by atoms with Gasteiger partial charge in [-0.25, -0.2) is 0 Å². The van der Waals surface area contributed by atoms with Crippen LogP contribution < -0.4 is 0 Å². The number of carbonyl (C=O) groups excluding carboxylic acids is 1. The SMILES string of the molecule is CC(C)[C@@H]1CC[C@]2(C)CC[C@]3(C)[C@H](CC[C@@H]4[C@]5(C)C/C(=C/O)C(=O)C(C)(C)[C@@H]5CC[C@]43C)[C@@H]12. The van der Waals surface area contributed by atoms with E-state index in [4.69, 9.17) is 0 Å². The van der Waals surface area contributed by atoms with E-state index < -0.39 is 0 Å². The van der Waals surface area contributed by atoms with Crippen molar-refractivity contribution in [2.75, 3.05) is 0 Å². The fourth-order valence-corrected chi connectivity index (χ4v) is 11.7. The number of carbonyl (C=O) groups is 1. The minimum Gasteiger partial charge on any atom is -0.515 e. The predicted octanol–water partition coefficient (Wildman–Crippen LogP) is 8.36. The molecule has 186 valence electrons. The van der Waals surface area contributed by atoms with Gasteiger partial charge >= 0.3 is 0 Å². The number of aliphatic hydroxyl groups excluding tert-OH is 1. The summed E-state index contributed by atoms with van der Waals surface area (Å²) < 4.78 is 0. The number of ketones is 1. The molecule has 0 bridgehead atoms. The van der Waals surface area contributed by atoms with Crippen molar-refractivity contribution in [2.45, 2.75) is 113 Å². The molecule has 0 aromatic heterocycles. The van der Waals surface area contributed by atoms with Gasteiger partial charge in [-0.15, -0.1) is 0 Å². The van der Waals surface area contributed by atoms with E-state index in [1.807, 2.05) is 0 Å². The van der Waals surface area contributed by atoms with Crippen molar-refractivity contribution in [1.29, 1.82) is 0 Å². The lowest BCUT2D eigenvalue weighted by Gasteiger charge is -2.72. The first-order valence-corrected chi connectivity index (χ1v) is 14.1.